The van der Waals surface area contributed by atoms with E-state index in [1.165, 1.54) is 5.56 Å². The van der Waals surface area contributed by atoms with E-state index < -0.39 is 0 Å². The second-order valence-electron chi connectivity index (χ2n) is 4.97. The molecule has 0 aromatic heterocycles. The van der Waals surface area contributed by atoms with Gasteiger partial charge in [-0.25, -0.2) is 0 Å². The van der Waals surface area contributed by atoms with E-state index in [4.69, 9.17) is 9.47 Å². The van der Waals surface area contributed by atoms with Gasteiger partial charge in [-0.1, -0.05) is 12.1 Å². The van der Waals surface area contributed by atoms with Crippen LogP contribution in [0.2, 0.25) is 0 Å². The van der Waals surface area contributed by atoms with Gasteiger partial charge in [-0.3, -0.25) is 4.90 Å². The zero-order valence-electron chi connectivity index (χ0n) is 11.9. The van der Waals surface area contributed by atoms with Crippen molar-refractivity contribution < 1.29 is 9.47 Å². The first-order valence-corrected chi connectivity index (χ1v) is 6.93. The highest BCUT2D eigenvalue weighted by atomic mass is 16.5. The maximum absolute atomic E-state index is 5.81. The lowest BCUT2D eigenvalue weighted by Crippen LogP contribution is -2.27. The zero-order chi connectivity index (χ0) is 13.5. The van der Waals surface area contributed by atoms with Gasteiger partial charge in [0.05, 0.1) is 6.10 Å². The lowest BCUT2D eigenvalue weighted by atomic mass is 10.2. The Hall–Kier alpha value is -1.10. The molecule has 0 radical (unpaired) electrons. The summed E-state index contributed by atoms with van der Waals surface area (Å²) in [7, 11) is 3.74. The third-order valence-electron chi connectivity index (χ3n) is 3.52. The van der Waals surface area contributed by atoms with Gasteiger partial charge in [0.1, 0.15) is 12.4 Å². The second-order valence-corrected chi connectivity index (χ2v) is 4.97. The fourth-order valence-corrected chi connectivity index (χ4v) is 2.43. The van der Waals surface area contributed by atoms with Crippen LogP contribution in [0.15, 0.2) is 24.3 Å². The van der Waals surface area contributed by atoms with E-state index in [1.54, 1.807) is 7.11 Å². The minimum atomic E-state index is 0.402. The minimum Gasteiger partial charge on any atom is -0.492 e. The third kappa shape index (κ3) is 4.49. The molecule has 1 unspecified atom stereocenters. The van der Waals surface area contributed by atoms with Gasteiger partial charge in [0.25, 0.3) is 0 Å². The Kier molecular flexibility index (Phi) is 5.63. The summed E-state index contributed by atoms with van der Waals surface area (Å²) in [5.41, 5.74) is 1.25. The molecule has 106 valence electrons. The van der Waals surface area contributed by atoms with Crippen molar-refractivity contribution in [2.24, 2.45) is 0 Å². The number of nitrogens with one attached hydrogen (secondary N) is 1. The Labute approximate surface area is 115 Å². The Morgan fingerprint density at radius 2 is 2.32 bits per heavy atom. The maximum Gasteiger partial charge on any atom is 0.119 e. The highest BCUT2D eigenvalue weighted by molar-refractivity contribution is 5.28. The van der Waals surface area contributed by atoms with Gasteiger partial charge in [-0.05, 0) is 31.2 Å². The molecule has 1 aliphatic rings. The van der Waals surface area contributed by atoms with Crippen LogP contribution in [-0.2, 0) is 11.3 Å². The van der Waals surface area contributed by atoms with Crippen molar-refractivity contribution in [2.75, 3.05) is 40.4 Å². The predicted octanol–water partition coefficient (Wildman–Crippen LogP) is 1.51. The maximum atomic E-state index is 5.81. The Morgan fingerprint density at radius 3 is 3.05 bits per heavy atom. The largest absolute Gasteiger partial charge is 0.492 e. The number of hydrogen-bond acceptors (Lipinski definition) is 4. The Balaban J connectivity index is 1.72. The molecule has 1 aromatic carbocycles. The van der Waals surface area contributed by atoms with Crippen LogP contribution >= 0.6 is 0 Å². The average molecular weight is 264 g/mol. The minimum absolute atomic E-state index is 0.402. The van der Waals surface area contributed by atoms with E-state index in [2.05, 4.69) is 22.3 Å². The summed E-state index contributed by atoms with van der Waals surface area (Å²) in [4.78, 5) is 2.39. The van der Waals surface area contributed by atoms with Crippen molar-refractivity contribution in [3.8, 4) is 5.75 Å². The van der Waals surface area contributed by atoms with Crippen molar-refractivity contribution >= 4 is 0 Å². The molecular formula is C15H24N2O2. The first-order valence-electron chi connectivity index (χ1n) is 6.93. The molecule has 1 aromatic rings. The van der Waals surface area contributed by atoms with Crippen molar-refractivity contribution in [1.82, 2.24) is 10.2 Å². The molecule has 1 saturated heterocycles. The number of methoxy groups -OCH3 is 1. The van der Waals surface area contributed by atoms with Crippen molar-refractivity contribution in [2.45, 2.75) is 19.1 Å². The molecule has 1 aliphatic heterocycles. The quantitative estimate of drug-likeness (QED) is 0.809. The van der Waals surface area contributed by atoms with Crippen LogP contribution in [0.4, 0.5) is 0 Å². The van der Waals surface area contributed by atoms with Gasteiger partial charge in [0.2, 0.25) is 0 Å². The molecule has 1 N–H and O–H groups in total. The second kappa shape index (κ2) is 7.48. The Morgan fingerprint density at radius 1 is 1.42 bits per heavy atom. The molecule has 2 rings (SSSR count). The number of hydrogen-bond donors (Lipinski definition) is 1. The molecular weight excluding hydrogens is 240 g/mol. The number of nitrogens with zero attached hydrogens (tertiary/aromatic N) is 1. The van der Waals surface area contributed by atoms with Crippen LogP contribution < -0.4 is 10.1 Å². The van der Waals surface area contributed by atoms with Crippen LogP contribution in [0.25, 0.3) is 0 Å². The van der Waals surface area contributed by atoms with Crippen LogP contribution in [0.1, 0.15) is 12.0 Å². The average Bonchev–Trinajstić information content (AvgIpc) is 2.88. The molecule has 0 spiro atoms. The summed E-state index contributed by atoms with van der Waals surface area (Å²) < 4.78 is 11.2. The van der Waals surface area contributed by atoms with Crippen LogP contribution in [0, 0.1) is 0 Å². The molecule has 4 heteroatoms. The summed E-state index contributed by atoms with van der Waals surface area (Å²) >= 11 is 0. The zero-order valence-corrected chi connectivity index (χ0v) is 11.9. The van der Waals surface area contributed by atoms with E-state index in [-0.39, 0.29) is 0 Å². The van der Waals surface area contributed by atoms with E-state index in [0.29, 0.717) is 6.10 Å². The molecule has 0 amide bonds. The summed E-state index contributed by atoms with van der Waals surface area (Å²) in [6.45, 7) is 4.72. The Bertz CT molecular complexity index is 384. The fourth-order valence-electron chi connectivity index (χ4n) is 2.43. The van der Waals surface area contributed by atoms with Gasteiger partial charge in [0, 0.05) is 33.3 Å². The molecule has 0 bridgehead atoms. The van der Waals surface area contributed by atoms with E-state index in [9.17, 15) is 0 Å². The number of ether oxygens (including phenoxy) is 2. The summed E-state index contributed by atoms with van der Waals surface area (Å²) in [6, 6.07) is 8.26. The topological polar surface area (TPSA) is 33.7 Å². The monoisotopic (exact) mass is 264 g/mol. The normalized spacial score (nSPS) is 19.8. The van der Waals surface area contributed by atoms with E-state index in [1.807, 2.05) is 19.2 Å². The smallest absolute Gasteiger partial charge is 0.119 e. The number of rotatable bonds is 7. The van der Waals surface area contributed by atoms with Gasteiger partial charge in [0.15, 0.2) is 0 Å². The lowest BCUT2D eigenvalue weighted by Gasteiger charge is -2.16. The molecule has 19 heavy (non-hydrogen) atoms. The van der Waals surface area contributed by atoms with E-state index >= 15 is 0 Å². The van der Waals surface area contributed by atoms with E-state index in [0.717, 1.165) is 45.0 Å². The van der Waals surface area contributed by atoms with Crippen LogP contribution in [0.5, 0.6) is 5.75 Å². The molecule has 0 aliphatic carbocycles. The molecule has 1 heterocycles. The van der Waals surface area contributed by atoms with Crippen LogP contribution in [-0.4, -0.2) is 51.4 Å². The molecule has 1 fully saturated rings. The van der Waals surface area contributed by atoms with Gasteiger partial charge >= 0.3 is 0 Å². The predicted molar refractivity (Wildman–Crippen MR) is 76.6 cm³/mol. The first-order chi connectivity index (χ1) is 9.31. The van der Waals surface area contributed by atoms with Crippen molar-refractivity contribution in [3.63, 3.8) is 0 Å². The van der Waals surface area contributed by atoms with Gasteiger partial charge in [-0.2, -0.15) is 0 Å². The summed E-state index contributed by atoms with van der Waals surface area (Å²) in [6.07, 6.45) is 1.53. The standard InChI is InChI=1S/C15H24N2O2/c1-16-11-13-4-3-5-14(10-13)19-9-8-17-7-6-15(12-17)18-2/h3-5,10,15-16H,6-9,11-12H2,1-2H3. The number of benzene rings is 1. The highest BCUT2D eigenvalue weighted by Crippen LogP contribution is 2.14. The summed E-state index contributed by atoms with van der Waals surface area (Å²) in [5, 5.41) is 3.15. The van der Waals surface area contributed by atoms with Gasteiger partial charge in [-0.15, -0.1) is 0 Å². The SMILES string of the molecule is CNCc1cccc(OCCN2CCC(OC)C2)c1. The highest BCUT2D eigenvalue weighted by Gasteiger charge is 2.21. The van der Waals surface area contributed by atoms with Crippen molar-refractivity contribution in [1.29, 1.82) is 0 Å². The first kappa shape index (κ1) is 14.3. The summed E-state index contributed by atoms with van der Waals surface area (Å²) in [5.74, 6) is 0.954. The van der Waals surface area contributed by atoms with Crippen molar-refractivity contribution in [3.05, 3.63) is 29.8 Å². The van der Waals surface area contributed by atoms with Crippen LogP contribution in [0.3, 0.4) is 0 Å². The fraction of sp³-hybridized carbons (Fsp3) is 0.600. The lowest BCUT2D eigenvalue weighted by molar-refractivity contribution is 0.106. The molecule has 4 nitrogen and oxygen atoms in total. The third-order valence-corrected chi connectivity index (χ3v) is 3.52. The van der Waals surface area contributed by atoms with Gasteiger partial charge < -0.3 is 14.8 Å². The molecule has 0 saturated carbocycles. The number of likely N-dealkylation sites (tertiary alicyclic amines) is 1. The molecule has 1 atom stereocenters.